The molecule has 0 fully saturated rings. The van der Waals surface area contributed by atoms with E-state index in [1.165, 1.54) is 0 Å². The predicted molar refractivity (Wildman–Crippen MR) is 61.5 cm³/mol. The van der Waals surface area contributed by atoms with Gasteiger partial charge in [0.15, 0.2) is 0 Å². The highest BCUT2D eigenvalue weighted by atomic mass is 16.5. The van der Waals surface area contributed by atoms with Crippen molar-refractivity contribution in [2.24, 2.45) is 0 Å². The van der Waals surface area contributed by atoms with Crippen LogP contribution in [0.2, 0.25) is 0 Å². The van der Waals surface area contributed by atoms with Gasteiger partial charge in [-0.25, -0.2) is 4.98 Å². The van der Waals surface area contributed by atoms with Gasteiger partial charge in [-0.15, -0.1) is 0 Å². The highest BCUT2D eigenvalue weighted by molar-refractivity contribution is 5.53. The Bertz CT molecular complexity index is 440. The lowest BCUT2D eigenvalue weighted by molar-refractivity contribution is 0.399. The predicted octanol–water partition coefficient (Wildman–Crippen LogP) is 2.86. The van der Waals surface area contributed by atoms with Crippen LogP contribution in [0.25, 0.3) is 0 Å². The summed E-state index contributed by atoms with van der Waals surface area (Å²) in [6, 6.07) is 5.88. The highest BCUT2D eigenvalue weighted by Crippen LogP contribution is 2.25. The molecule has 84 valence electrons. The van der Waals surface area contributed by atoms with Crippen molar-refractivity contribution < 1.29 is 9.15 Å². The Morgan fingerprint density at radius 2 is 2.31 bits per heavy atom. The number of methoxy groups -OCH3 is 1. The van der Waals surface area contributed by atoms with E-state index in [4.69, 9.17) is 9.15 Å². The fourth-order valence-electron chi connectivity index (χ4n) is 1.50. The lowest BCUT2D eigenvalue weighted by Gasteiger charge is -2.15. The second kappa shape index (κ2) is 4.70. The van der Waals surface area contributed by atoms with Crippen molar-refractivity contribution in [1.82, 2.24) is 4.98 Å². The molecule has 2 heterocycles. The van der Waals surface area contributed by atoms with Gasteiger partial charge in [0, 0.05) is 11.8 Å². The monoisotopic (exact) mass is 218 g/mol. The quantitative estimate of drug-likeness (QED) is 0.857. The number of nitrogens with zero attached hydrogens (tertiary/aromatic N) is 1. The minimum atomic E-state index is 0.150. The normalized spacial score (nSPS) is 12.1. The molecule has 0 aromatic carbocycles. The molecule has 0 spiro atoms. The Labute approximate surface area is 94.3 Å². The van der Waals surface area contributed by atoms with E-state index >= 15 is 0 Å². The van der Waals surface area contributed by atoms with Crippen molar-refractivity contribution in [2.75, 3.05) is 12.4 Å². The Morgan fingerprint density at radius 1 is 1.44 bits per heavy atom. The van der Waals surface area contributed by atoms with Crippen molar-refractivity contribution in [1.29, 1.82) is 0 Å². The summed E-state index contributed by atoms with van der Waals surface area (Å²) in [4.78, 5) is 4.12. The topological polar surface area (TPSA) is 47.3 Å². The van der Waals surface area contributed by atoms with Crippen LogP contribution in [0.3, 0.4) is 0 Å². The van der Waals surface area contributed by atoms with Gasteiger partial charge in [0.1, 0.15) is 0 Å². The van der Waals surface area contributed by atoms with E-state index in [1.807, 2.05) is 18.2 Å². The van der Waals surface area contributed by atoms with Crippen LogP contribution >= 0.6 is 0 Å². The molecule has 4 nitrogen and oxygen atoms in total. The fraction of sp³-hybridized carbons (Fsp3) is 0.250. The van der Waals surface area contributed by atoms with Gasteiger partial charge < -0.3 is 14.5 Å². The van der Waals surface area contributed by atoms with Crippen molar-refractivity contribution in [3.8, 4) is 5.88 Å². The lowest BCUT2D eigenvalue weighted by Crippen LogP contribution is -2.07. The van der Waals surface area contributed by atoms with E-state index in [2.05, 4.69) is 17.2 Å². The Balaban J connectivity index is 2.14. The number of nitrogens with one attached hydrogen (secondary N) is 1. The summed E-state index contributed by atoms with van der Waals surface area (Å²) in [7, 11) is 1.61. The van der Waals surface area contributed by atoms with E-state index < -0.39 is 0 Å². The first-order chi connectivity index (χ1) is 7.81. The molecule has 2 rings (SSSR count). The number of aromatic nitrogens is 1. The third-order valence-corrected chi connectivity index (χ3v) is 2.38. The van der Waals surface area contributed by atoms with Gasteiger partial charge in [-0.05, 0) is 25.1 Å². The maximum absolute atomic E-state index is 5.17. The summed E-state index contributed by atoms with van der Waals surface area (Å²) in [6.07, 6.45) is 5.08. The molecule has 1 atom stereocenters. The van der Waals surface area contributed by atoms with Crippen LogP contribution in [0.15, 0.2) is 41.3 Å². The molecule has 4 heteroatoms. The number of anilines is 1. The van der Waals surface area contributed by atoms with Crippen molar-refractivity contribution in [3.63, 3.8) is 0 Å². The van der Waals surface area contributed by atoms with Gasteiger partial charge in [0.25, 0.3) is 0 Å². The Hall–Kier alpha value is -1.97. The molecular weight excluding hydrogens is 204 g/mol. The van der Waals surface area contributed by atoms with Crippen LogP contribution in [0, 0.1) is 0 Å². The summed E-state index contributed by atoms with van der Waals surface area (Å²) in [6.45, 7) is 2.05. The molecule has 0 aliphatic heterocycles. The smallest absolute Gasteiger partial charge is 0.237 e. The van der Waals surface area contributed by atoms with E-state index in [-0.39, 0.29) is 6.04 Å². The summed E-state index contributed by atoms with van der Waals surface area (Å²) < 4.78 is 10.2. The van der Waals surface area contributed by atoms with Crippen LogP contribution < -0.4 is 10.1 Å². The first kappa shape index (κ1) is 10.5. The van der Waals surface area contributed by atoms with Gasteiger partial charge in [-0.2, -0.15) is 0 Å². The van der Waals surface area contributed by atoms with Gasteiger partial charge in [0.05, 0.1) is 31.4 Å². The average Bonchev–Trinajstić information content (AvgIpc) is 2.83. The summed E-state index contributed by atoms with van der Waals surface area (Å²) >= 11 is 0. The maximum Gasteiger partial charge on any atom is 0.237 e. The van der Waals surface area contributed by atoms with Crippen molar-refractivity contribution in [2.45, 2.75) is 13.0 Å². The standard InChI is InChI=1S/C12H14N2O2/c1-9(10-5-7-16-8-10)14-11-4-3-6-13-12(11)15-2/h3-9,14H,1-2H3. The minimum Gasteiger partial charge on any atom is -0.480 e. The molecule has 0 saturated carbocycles. The Morgan fingerprint density at radius 3 is 3.00 bits per heavy atom. The molecule has 1 N–H and O–H groups in total. The van der Waals surface area contributed by atoms with Crippen molar-refractivity contribution >= 4 is 5.69 Å². The fourth-order valence-corrected chi connectivity index (χ4v) is 1.50. The highest BCUT2D eigenvalue weighted by Gasteiger charge is 2.09. The van der Waals surface area contributed by atoms with Gasteiger partial charge in [0.2, 0.25) is 5.88 Å². The van der Waals surface area contributed by atoms with Crippen LogP contribution in [0.1, 0.15) is 18.5 Å². The third-order valence-electron chi connectivity index (χ3n) is 2.38. The zero-order chi connectivity index (χ0) is 11.4. The first-order valence-corrected chi connectivity index (χ1v) is 5.09. The first-order valence-electron chi connectivity index (χ1n) is 5.09. The largest absolute Gasteiger partial charge is 0.480 e. The molecule has 0 bridgehead atoms. The number of ether oxygens (including phenoxy) is 1. The van der Waals surface area contributed by atoms with Crippen LogP contribution in [-0.2, 0) is 0 Å². The molecule has 0 radical (unpaired) electrons. The Kier molecular flexibility index (Phi) is 3.10. The summed E-state index contributed by atoms with van der Waals surface area (Å²) in [5, 5.41) is 3.32. The number of pyridine rings is 1. The lowest BCUT2D eigenvalue weighted by atomic mass is 10.2. The summed E-state index contributed by atoms with van der Waals surface area (Å²) in [5.74, 6) is 0.595. The number of furan rings is 1. The van der Waals surface area contributed by atoms with E-state index in [9.17, 15) is 0 Å². The molecular formula is C12H14N2O2. The van der Waals surface area contributed by atoms with Gasteiger partial charge in [-0.3, -0.25) is 0 Å². The van der Waals surface area contributed by atoms with Crippen LogP contribution in [-0.4, -0.2) is 12.1 Å². The van der Waals surface area contributed by atoms with E-state index in [0.717, 1.165) is 11.3 Å². The molecule has 1 unspecified atom stereocenters. The van der Waals surface area contributed by atoms with Gasteiger partial charge >= 0.3 is 0 Å². The second-order valence-electron chi connectivity index (χ2n) is 3.48. The molecule has 0 saturated heterocycles. The van der Waals surface area contributed by atoms with E-state index in [1.54, 1.807) is 25.8 Å². The van der Waals surface area contributed by atoms with Crippen LogP contribution in [0.4, 0.5) is 5.69 Å². The molecule has 0 amide bonds. The van der Waals surface area contributed by atoms with E-state index in [0.29, 0.717) is 5.88 Å². The SMILES string of the molecule is COc1ncccc1NC(C)c1ccoc1. The number of hydrogen-bond donors (Lipinski definition) is 1. The molecule has 2 aromatic heterocycles. The zero-order valence-electron chi connectivity index (χ0n) is 9.31. The van der Waals surface area contributed by atoms with Gasteiger partial charge in [-0.1, -0.05) is 0 Å². The summed E-state index contributed by atoms with van der Waals surface area (Å²) in [5.41, 5.74) is 1.96. The molecule has 0 aliphatic carbocycles. The average molecular weight is 218 g/mol. The molecule has 2 aromatic rings. The minimum absolute atomic E-state index is 0.150. The number of rotatable bonds is 4. The second-order valence-corrected chi connectivity index (χ2v) is 3.48. The van der Waals surface area contributed by atoms with Crippen LogP contribution in [0.5, 0.6) is 5.88 Å². The zero-order valence-corrected chi connectivity index (χ0v) is 9.31. The molecule has 0 aliphatic rings. The maximum atomic E-state index is 5.17. The third kappa shape index (κ3) is 2.16. The molecule has 16 heavy (non-hydrogen) atoms. The number of hydrogen-bond acceptors (Lipinski definition) is 4. The van der Waals surface area contributed by atoms with Crippen molar-refractivity contribution in [3.05, 3.63) is 42.5 Å².